The number of rotatable bonds is 5. The minimum atomic E-state index is -0.634. The Bertz CT molecular complexity index is 3870. The monoisotopic (exact) mass is 837 g/mol. The first-order valence-electron chi connectivity index (χ1n) is 23.2. The average molecular weight is 838 g/mol. The van der Waals surface area contributed by atoms with Crippen LogP contribution in [0.15, 0.2) is 224 Å². The van der Waals surface area contributed by atoms with Crippen molar-refractivity contribution in [2.24, 2.45) is 0 Å². The number of benzene rings is 11. The van der Waals surface area contributed by atoms with Crippen LogP contribution in [0, 0.1) is 13.8 Å². The number of fused-ring (bicyclic) bond motifs is 11. The summed E-state index contributed by atoms with van der Waals surface area (Å²) in [6.45, 7) is 4.40. The smallest absolute Gasteiger partial charge is 0.0714 e. The van der Waals surface area contributed by atoms with E-state index in [1.54, 1.807) is 0 Å². The fourth-order valence-electron chi connectivity index (χ4n) is 12.3. The summed E-state index contributed by atoms with van der Waals surface area (Å²) in [5.74, 6) is 0. The molecule has 2 aliphatic rings. The highest BCUT2D eigenvalue weighted by Gasteiger charge is 2.48. The zero-order chi connectivity index (χ0) is 43.7. The minimum absolute atomic E-state index is 0.634. The predicted octanol–water partition coefficient (Wildman–Crippen LogP) is 17.1. The van der Waals surface area contributed by atoms with Crippen LogP contribution in [0.25, 0.3) is 105 Å². The summed E-state index contributed by atoms with van der Waals surface area (Å²) < 4.78 is 2.50. The van der Waals surface area contributed by atoms with Gasteiger partial charge in [-0.25, -0.2) is 0 Å². The van der Waals surface area contributed by atoms with E-state index in [0.29, 0.717) is 0 Å². The van der Waals surface area contributed by atoms with E-state index in [2.05, 4.69) is 243 Å². The van der Waals surface area contributed by atoms with Crippen LogP contribution in [0.4, 0.5) is 0 Å². The lowest BCUT2D eigenvalue weighted by Gasteiger charge is -2.34. The molecule has 1 heterocycles. The lowest BCUT2D eigenvalue weighted by molar-refractivity contribution is 0.768. The van der Waals surface area contributed by atoms with Gasteiger partial charge in [-0.15, -0.1) is 0 Å². The van der Waals surface area contributed by atoms with E-state index in [1.807, 2.05) is 0 Å². The normalized spacial score (nSPS) is 13.1. The Balaban J connectivity index is 1.16. The van der Waals surface area contributed by atoms with Crippen LogP contribution in [0.1, 0.15) is 33.4 Å². The van der Waals surface area contributed by atoms with E-state index in [4.69, 9.17) is 0 Å². The molecule has 1 nitrogen and oxygen atoms in total. The van der Waals surface area contributed by atoms with Crippen molar-refractivity contribution in [3.05, 3.63) is 258 Å². The van der Waals surface area contributed by atoms with Crippen molar-refractivity contribution in [1.82, 2.24) is 4.57 Å². The van der Waals surface area contributed by atoms with Gasteiger partial charge in [-0.2, -0.15) is 0 Å². The second-order valence-electron chi connectivity index (χ2n) is 18.4. The van der Waals surface area contributed by atoms with Gasteiger partial charge in [0.05, 0.1) is 16.4 Å². The first kappa shape index (κ1) is 37.1. The summed E-state index contributed by atoms with van der Waals surface area (Å²) >= 11 is 0. The van der Waals surface area contributed by atoms with Gasteiger partial charge in [-0.05, 0) is 156 Å². The number of aryl methyl sites for hydroxylation is 2. The highest BCUT2D eigenvalue weighted by molar-refractivity contribution is 6.29. The third-order valence-electron chi connectivity index (χ3n) is 14.9. The lowest BCUT2D eigenvalue weighted by atomic mass is 9.67. The van der Waals surface area contributed by atoms with Crippen LogP contribution in [0.2, 0.25) is 0 Å². The summed E-state index contributed by atoms with van der Waals surface area (Å²) in [6.07, 6.45) is 0. The quantitative estimate of drug-likeness (QED) is 0.163. The largest absolute Gasteiger partial charge is 0.309 e. The number of aromatic nitrogens is 1. The van der Waals surface area contributed by atoms with E-state index in [-0.39, 0.29) is 0 Å². The molecule has 66 heavy (non-hydrogen) atoms. The fourth-order valence-corrected chi connectivity index (χ4v) is 12.3. The fraction of sp³-hybridized carbons (Fsp3) is 0.0462. The van der Waals surface area contributed by atoms with Crippen LogP contribution < -0.4 is 0 Å². The van der Waals surface area contributed by atoms with Crippen LogP contribution in [0.5, 0.6) is 0 Å². The number of hydrogen-bond donors (Lipinski definition) is 0. The van der Waals surface area contributed by atoms with Gasteiger partial charge in [-0.3, -0.25) is 0 Å². The molecule has 1 heteroatoms. The van der Waals surface area contributed by atoms with Gasteiger partial charge in [0.15, 0.2) is 0 Å². The molecule has 12 aromatic rings. The van der Waals surface area contributed by atoms with E-state index in [0.717, 1.165) is 0 Å². The second-order valence-corrected chi connectivity index (χ2v) is 18.4. The Morgan fingerprint density at radius 1 is 0.318 bits per heavy atom. The maximum atomic E-state index is 2.62. The molecule has 0 unspecified atom stereocenters. The van der Waals surface area contributed by atoms with Gasteiger partial charge >= 0.3 is 0 Å². The molecule has 0 aliphatic heterocycles. The van der Waals surface area contributed by atoms with Crippen LogP contribution in [-0.4, -0.2) is 4.57 Å². The average Bonchev–Trinajstić information content (AvgIpc) is 3.98. The molecular weight excluding hydrogens is 795 g/mol. The first-order valence-corrected chi connectivity index (χ1v) is 23.2. The van der Waals surface area contributed by atoms with Gasteiger partial charge in [0.1, 0.15) is 0 Å². The molecule has 0 amide bonds. The molecule has 0 atom stereocenters. The summed E-state index contributed by atoms with van der Waals surface area (Å²) in [5, 5.41) is 7.74. The Morgan fingerprint density at radius 3 is 1.38 bits per heavy atom. The summed E-state index contributed by atoms with van der Waals surface area (Å²) in [6, 6.07) is 84.7. The Hall–Kier alpha value is -8.26. The van der Waals surface area contributed by atoms with Crippen molar-refractivity contribution in [2.75, 3.05) is 0 Å². The molecule has 14 rings (SSSR count). The van der Waals surface area contributed by atoms with Crippen LogP contribution >= 0.6 is 0 Å². The third-order valence-corrected chi connectivity index (χ3v) is 14.9. The SMILES string of the molecule is Cc1ccc2c(c1)c1cc(C)ccc1n2-c1ccc2c(c1)C(c1ccccc1)(c1ccccc1)c1cc3c4c(cccc4c1-2)-c1c-3c(-c2ccccc2)c2ccccc2c1-c1ccccc1. The van der Waals surface area contributed by atoms with E-state index < -0.39 is 5.41 Å². The molecule has 0 N–H and O–H groups in total. The second kappa shape index (κ2) is 13.9. The molecule has 0 fully saturated rings. The molecule has 2 aliphatic carbocycles. The minimum Gasteiger partial charge on any atom is -0.309 e. The van der Waals surface area contributed by atoms with E-state index in [9.17, 15) is 0 Å². The van der Waals surface area contributed by atoms with Crippen molar-refractivity contribution >= 4 is 43.4 Å². The summed E-state index contributed by atoms with van der Waals surface area (Å²) in [7, 11) is 0. The summed E-state index contributed by atoms with van der Waals surface area (Å²) in [4.78, 5) is 0. The molecule has 0 radical (unpaired) electrons. The molecule has 0 bridgehead atoms. The predicted molar refractivity (Wildman–Crippen MR) is 278 cm³/mol. The molecule has 0 saturated heterocycles. The molecule has 11 aromatic carbocycles. The van der Waals surface area contributed by atoms with Crippen molar-refractivity contribution in [2.45, 2.75) is 19.3 Å². The Labute approximate surface area is 384 Å². The van der Waals surface area contributed by atoms with Crippen LogP contribution in [-0.2, 0) is 5.41 Å². The maximum absolute atomic E-state index is 2.62. The zero-order valence-corrected chi connectivity index (χ0v) is 36.8. The van der Waals surface area contributed by atoms with Crippen LogP contribution in [0.3, 0.4) is 0 Å². The van der Waals surface area contributed by atoms with Crippen molar-refractivity contribution in [3.63, 3.8) is 0 Å². The van der Waals surface area contributed by atoms with Crippen molar-refractivity contribution in [3.8, 4) is 61.3 Å². The van der Waals surface area contributed by atoms with Gasteiger partial charge < -0.3 is 4.57 Å². The Kier molecular flexibility index (Phi) is 7.81. The molecule has 1 aromatic heterocycles. The third kappa shape index (κ3) is 4.95. The standard InChI is InChI=1S/C65H43N/c1-40-30-34-57-52(36-40)53-37-41(2)31-35-58(53)66(57)46-32-33-49-55(38-46)65(44-22-11-5-12-23-44,45-24-13-6-14-25-45)56-39-54-61-50(62(49)56)28-17-29-51(61)63-59(42-18-7-3-8-19-42)47-26-15-16-27-48(47)60(64(54)63)43-20-9-4-10-21-43/h3-39H,1-2H3. The highest BCUT2D eigenvalue weighted by atomic mass is 15.0. The van der Waals surface area contributed by atoms with E-state index >= 15 is 0 Å². The van der Waals surface area contributed by atoms with Crippen molar-refractivity contribution < 1.29 is 0 Å². The molecule has 0 spiro atoms. The molecule has 0 saturated carbocycles. The number of hydrogen-bond acceptors (Lipinski definition) is 0. The Morgan fingerprint density at radius 2 is 0.818 bits per heavy atom. The number of nitrogens with zero attached hydrogens (tertiary/aromatic N) is 1. The topological polar surface area (TPSA) is 4.93 Å². The van der Waals surface area contributed by atoms with Crippen molar-refractivity contribution in [1.29, 1.82) is 0 Å². The van der Waals surface area contributed by atoms with Gasteiger partial charge in [0, 0.05) is 16.5 Å². The van der Waals surface area contributed by atoms with E-state index in [1.165, 1.54) is 138 Å². The summed E-state index contributed by atoms with van der Waals surface area (Å²) in [5.41, 5.74) is 23.5. The van der Waals surface area contributed by atoms with Gasteiger partial charge in [-0.1, -0.05) is 193 Å². The maximum Gasteiger partial charge on any atom is 0.0714 e. The van der Waals surface area contributed by atoms with Gasteiger partial charge in [0.25, 0.3) is 0 Å². The zero-order valence-electron chi connectivity index (χ0n) is 36.8. The first-order chi connectivity index (χ1) is 32.6. The van der Waals surface area contributed by atoms with Gasteiger partial charge in [0.2, 0.25) is 0 Å². The highest BCUT2D eigenvalue weighted by Crippen LogP contribution is 2.64. The lowest BCUT2D eigenvalue weighted by Crippen LogP contribution is -2.28. The molecule has 308 valence electrons. The molecular formula is C65H43N.